The van der Waals surface area contributed by atoms with Gasteiger partial charge in [0.25, 0.3) is 10.9 Å². The fourth-order valence-electron chi connectivity index (χ4n) is 6.73. The minimum Gasteiger partial charge on any atom is -0.504 e. The lowest BCUT2D eigenvalue weighted by molar-refractivity contribution is -0.0305. The molecule has 0 unspecified atom stereocenters. The van der Waals surface area contributed by atoms with E-state index in [1.807, 2.05) is 0 Å². The van der Waals surface area contributed by atoms with Gasteiger partial charge in [-0.25, -0.2) is 16.8 Å². The fourth-order valence-corrected chi connectivity index (χ4v) is 10.9. The molecule has 0 aromatic heterocycles. The molecule has 17 nitrogen and oxygen atoms in total. The highest BCUT2D eigenvalue weighted by Crippen LogP contribution is 2.41. The first-order chi connectivity index (χ1) is 25.2. The molecule has 4 saturated heterocycles. The third kappa shape index (κ3) is 7.69. The van der Waals surface area contributed by atoms with Crippen molar-refractivity contribution >= 4 is 60.3 Å². The number of sulfonamides is 2. The number of hydrogen-bond acceptors (Lipinski definition) is 15. The number of halogens is 2. The van der Waals surface area contributed by atoms with Crippen LogP contribution in [0, 0.1) is 0 Å². The standard InChI is InChI=1S/C19H22ClN3O7S.C13H18ClN3O4S/c1-2-30-18-14(16(25)17(18)26)21-13-4-3-12(20)19(15(13)24)31(27,28)23-6-5-22-7-8-29-10-11(22)9-23;14-10-1-2-11(15)12(18)13(10)22(19,20)17-4-3-16-5-6-21-8-9(16)7-17/h3-4,11,21,24H,2,5-10H2,1H3;1-2,9,18H,3-8,15H2/t11-;9-/m00/s1. The number of piperazine rings is 2. The van der Waals surface area contributed by atoms with E-state index in [1.54, 1.807) is 6.92 Å². The minimum absolute atomic E-state index is 0.0115. The quantitative estimate of drug-likeness (QED) is 0.140. The Morgan fingerprint density at radius 1 is 0.792 bits per heavy atom. The third-order valence-electron chi connectivity index (χ3n) is 9.61. The number of anilines is 3. The van der Waals surface area contributed by atoms with Crippen LogP contribution >= 0.6 is 23.2 Å². The number of nitrogens with zero attached hydrogens (tertiary/aromatic N) is 4. The van der Waals surface area contributed by atoms with Crippen molar-refractivity contribution in [2.24, 2.45) is 0 Å². The molecular weight excluding hydrogens is 779 g/mol. The summed E-state index contributed by atoms with van der Waals surface area (Å²) in [6.45, 7) is 7.90. The zero-order chi connectivity index (χ0) is 38.2. The Bertz CT molecular complexity index is 2150. The summed E-state index contributed by atoms with van der Waals surface area (Å²) >= 11 is 12.2. The van der Waals surface area contributed by atoms with Crippen LogP contribution in [0.15, 0.2) is 43.6 Å². The first-order valence-corrected chi connectivity index (χ1v) is 20.5. The lowest BCUT2D eigenvalue weighted by Gasteiger charge is -2.43. The van der Waals surface area contributed by atoms with Crippen LogP contribution in [-0.2, 0) is 29.5 Å². The van der Waals surface area contributed by atoms with Crippen LogP contribution in [0.5, 0.6) is 17.2 Å². The molecule has 4 fully saturated rings. The van der Waals surface area contributed by atoms with Crippen molar-refractivity contribution in [1.29, 1.82) is 0 Å². The normalized spacial score (nSPS) is 22.0. The molecule has 4 aliphatic heterocycles. The van der Waals surface area contributed by atoms with Crippen LogP contribution in [0.3, 0.4) is 0 Å². The van der Waals surface area contributed by atoms with Crippen LogP contribution in [0.2, 0.25) is 10.0 Å². The van der Waals surface area contributed by atoms with Crippen LogP contribution < -0.4 is 26.6 Å². The second-order valence-electron chi connectivity index (χ2n) is 12.8. The summed E-state index contributed by atoms with van der Waals surface area (Å²) in [5.74, 6) is -1.28. The van der Waals surface area contributed by atoms with Gasteiger partial charge in [-0.2, -0.15) is 8.61 Å². The Morgan fingerprint density at radius 3 is 1.83 bits per heavy atom. The average Bonchev–Trinajstić information content (AvgIpc) is 3.15. The maximum atomic E-state index is 13.3. The molecule has 3 aromatic carbocycles. The fraction of sp³-hybridized carbons (Fsp3) is 0.500. The van der Waals surface area contributed by atoms with Crippen LogP contribution in [0.1, 0.15) is 6.92 Å². The van der Waals surface area contributed by atoms with E-state index in [-0.39, 0.29) is 69.5 Å². The number of hydrogen-bond donors (Lipinski definition) is 4. The van der Waals surface area contributed by atoms with Gasteiger partial charge in [0.1, 0.15) is 15.5 Å². The smallest absolute Gasteiger partial charge is 0.272 e. The van der Waals surface area contributed by atoms with Gasteiger partial charge in [-0.1, -0.05) is 23.2 Å². The highest BCUT2D eigenvalue weighted by molar-refractivity contribution is 7.89. The molecule has 0 bridgehead atoms. The molecule has 53 heavy (non-hydrogen) atoms. The molecule has 0 saturated carbocycles. The Labute approximate surface area is 316 Å². The predicted molar refractivity (Wildman–Crippen MR) is 196 cm³/mol. The van der Waals surface area contributed by atoms with Gasteiger partial charge in [0.05, 0.1) is 54.5 Å². The molecule has 0 radical (unpaired) electrons. The summed E-state index contributed by atoms with van der Waals surface area (Å²) in [7, 11) is -8.05. The van der Waals surface area contributed by atoms with Gasteiger partial charge in [-0.3, -0.25) is 19.4 Å². The maximum absolute atomic E-state index is 13.3. The molecule has 5 N–H and O–H groups in total. The third-order valence-corrected chi connectivity index (χ3v) is 14.3. The van der Waals surface area contributed by atoms with Crippen molar-refractivity contribution in [3.63, 3.8) is 0 Å². The number of rotatable bonds is 8. The number of nitrogens with one attached hydrogen (secondary N) is 1. The number of fused-ring (bicyclic) bond motifs is 2. The highest BCUT2D eigenvalue weighted by atomic mass is 35.5. The van der Waals surface area contributed by atoms with E-state index in [4.69, 9.17) is 43.1 Å². The van der Waals surface area contributed by atoms with Gasteiger partial charge in [-0.15, -0.1) is 0 Å². The molecule has 2 atom stereocenters. The summed E-state index contributed by atoms with van der Waals surface area (Å²) in [6, 6.07) is 5.35. The predicted octanol–water partition coefficient (Wildman–Crippen LogP) is 0.822. The van der Waals surface area contributed by atoms with E-state index in [2.05, 4.69) is 15.1 Å². The molecule has 0 aliphatic carbocycles. The molecule has 0 amide bonds. The Morgan fingerprint density at radius 2 is 1.30 bits per heavy atom. The van der Waals surface area contributed by atoms with E-state index in [0.29, 0.717) is 52.6 Å². The van der Waals surface area contributed by atoms with E-state index in [0.717, 1.165) is 13.1 Å². The molecule has 4 aliphatic rings. The van der Waals surface area contributed by atoms with Crippen LogP contribution in [-0.4, -0.2) is 143 Å². The van der Waals surface area contributed by atoms with E-state index in [9.17, 15) is 36.6 Å². The largest absolute Gasteiger partial charge is 0.504 e. The topological polar surface area (TPSA) is 222 Å². The second kappa shape index (κ2) is 15.9. The average molecular weight is 820 g/mol. The molecule has 3 aromatic rings. The van der Waals surface area contributed by atoms with E-state index in [1.165, 1.54) is 32.9 Å². The first kappa shape index (κ1) is 39.5. The van der Waals surface area contributed by atoms with Crippen molar-refractivity contribution in [2.45, 2.75) is 28.8 Å². The van der Waals surface area contributed by atoms with E-state index < -0.39 is 47.3 Å². The monoisotopic (exact) mass is 818 g/mol. The maximum Gasteiger partial charge on any atom is 0.272 e. The van der Waals surface area contributed by atoms with Gasteiger partial charge in [-0.05, 0) is 31.2 Å². The van der Waals surface area contributed by atoms with Gasteiger partial charge >= 0.3 is 0 Å². The number of phenolic OH excluding ortho intramolecular Hbond substituents is 2. The SMILES string of the molecule is CCOc1c(Nc2ccc(Cl)c(S(=O)(=O)N3CCN4CCOC[C@@H]4C3)c2O)c(=O)c1=O.Nc1ccc(Cl)c(S(=O)(=O)N2CCN3CCOC[C@@H]3C2)c1O. The number of morpholine rings is 2. The number of benzene rings is 2. The van der Waals surface area contributed by atoms with Crippen molar-refractivity contribution in [3.05, 3.63) is 54.8 Å². The second-order valence-corrected chi connectivity index (χ2v) is 17.3. The minimum atomic E-state index is -4.14. The van der Waals surface area contributed by atoms with E-state index >= 15 is 0 Å². The van der Waals surface area contributed by atoms with Crippen LogP contribution in [0.25, 0.3) is 0 Å². The summed E-state index contributed by atoms with van der Waals surface area (Å²) in [5.41, 5.74) is 3.79. The first-order valence-electron chi connectivity index (χ1n) is 16.8. The van der Waals surface area contributed by atoms with Crippen molar-refractivity contribution in [2.75, 3.05) is 96.4 Å². The number of phenols is 2. The molecule has 7 rings (SSSR count). The molecule has 4 heterocycles. The summed E-state index contributed by atoms with van der Waals surface area (Å²) in [5, 5.41) is 23.2. The summed E-state index contributed by atoms with van der Waals surface area (Å²) < 4.78 is 71.0. The van der Waals surface area contributed by atoms with Crippen molar-refractivity contribution in [3.8, 4) is 17.2 Å². The summed E-state index contributed by atoms with van der Waals surface area (Å²) in [6.07, 6.45) is 0. The zero-order valence-electron chi connectivity index (χ0n) is 28.7. The Kier molecular flexibility index (Phi) is 11.8. The zero-order valence-corrected chi connectivity index (χ0v) is 31.8. The highest BCUT2D eigenvalue weighted by Gasteiger charge is 2.40. The summed E-state index contributed by atoms with van der Waals surface area (Å²) in [4.78, 5) is 27.2. The van der Waals surface area contributed by atoms with Gasteiger partial charge in [0.2, 0.25) is 20.0 Å². The van der Waals surface area contributed by atoms with Gasteiger partial charge in [0, 0.05) is 64.4 Å². The molecular formula is C32H40Cl2N6O11S2. The Hall–Kier alpha value is -3.24. The van der Waals surface area contributed by atoms with Gasteiger partial charge in [0.15, 0.2) is 17.2 Å². The lowest BCUT2D eigenvalue weighted by Crippen LogP contribution is -2.59. The Balaban J connectivity index is 0.000000192. The number of aromatic hydroxyl groups is 2. The molecule has 21 heteroatoms. The number of nitrogen functional groups attached to an aromatic ring is 1. The van der Waals surface area contributed by atoms with Crippen molar-refractivity contribution in [1.82, 2.24) is 18.4 Å². The number of ether oxygens (including phenoxy) is 3. The molecule has 0 spiro atoms. The van der Waals surface area contributed by atoms with Gasteiger partial charge < -0.3 is 35.5 Å². The van der Waals surface area contributed by atoms with Crippen LogP contribution in [0.4, 0.5) is 17.1 Å². The molecule has 290 valence electrons. The lowest BCUT2D eigenvalue weighted by atomic mass is 10.2. The number of nitrogens with two attached hydrogens (primary N) is 1. The van der Waals surface area contributed by atoms with Crippen molar-refractivity contribution < 1.29 is 41.3 Å².